The molecule has 0 aromatic heterocycles. The van der Waals surface area contributed by atoms with Gasteiger partial charge in [0.1, 0.15) is 17.2 Å². The summed E-state index contributed by atoms with van der Waals surface area (Å²) in [5.74, 6) is -2.62. The Labute approximate surface area is 185 Å². The summed E-state index contributed by atoms with van der Waals surface area (Å²) in [6.07, 6.45) is 0.773. The second-order valence-electron chi connectivity index (χ2n) is 7.46. The molecule has 0 bridgehead atoms. The van der Waals surface area contributed by atoms with E-state index in [1.807, 2.05) is 30.3 Å². The van der Waals surface area contributed by atoms with Crippen LogP contribution in [0.3, 0.4) is 0 Å². The van der Waals surface area contributed by atoms with Crippen molar-refractivity contribution in [3.63, 3.8) is 0 Å². The van der Waals surface area contributed by atoms with Crippen LogP contribution in [0.2, 0.25) is 0 Å². The zero-order chi connectivity index (χ0) is 21.8. The Morgan fingerprint density at radius 1 is 0.935 bits per heavy atom. The topological polar surface area (TPSA) is 32.3 Å². The molecule has 3 nitrogen and oxygen atoms in total. The number of benzene rings is 3. The maximum Gasteiger partial charge on any atom is 0.261 e. The summed E-state index contributed by atoms with van der Waals surface area (Å²) in [4.78, 5) is 14.6. The molecule has 0 saturated heterocycles. The molecule has 0 unspecified atom stereocenters. The number of carbonyl (C=O) groups is 1. The molecule has 1 heterocycles. The first-order valence-corrected chi connectivity index (χ1v) is 10.4. The SMILES string of the molecule is O=C(Nc1ccc(C2=C(Cl)CCN(Cc3ccccc3)C2)cc1)c1c(F)cccc1F. The Morgan fingerprint density at radius 3 is 2.29 bits per heavy atom. The first-order chi connectivity index (χ1) is 15.0. The summed E-state index contributed by atoms with van der Waals surface area (Å²) in [5, 5.41) is 3.37. The minimum absolute atomic E-state index is 0.449. The van der Waals surface area contributed by atoms with Crippen LogP contribution in [0, 0.1) is 11.6 Å². The van der Waals surface area contributed by atoms with E-state index in [1.165, 1.54) is 11.6 Å². The normalized spacial score (nSPS) is 14.5. The van der Waals surface area contributed by atoms with Crippen LogP contribution in [0.1, 0.15) is 27.9 Å². The molecular weight excluding hydrogens is 418 g/mol. The largest absolute Gasteiger partial charge is 0.322 e. The van der Waals surface area contributed by atoms with Crippen molar-refractivity contribution in [3.8, 4) is 0 Å². The number of nitrogens with one attached hydrogen (secondary N) is 1. The van der Waals surface area contributed by atoms with Gasteiger partial charge in [-0.05, 0) is 47.4 Å². The number of anilines is 1. The highest BCUT2D eigenvalue weighted by molar-refractivity contribution is 6.32. The van der Waals surface area contributed by atoms with Crippen molar-refractivity contribution in [2.24, 2.45) is 0 Å². The molecule has 1 aliphatic rings. The van der Waals surface area contributed by atoms with Gasteiger partial charge in [-0.1, -0.05) is 60.1 Å². The van der Waals surface area contributed by atoms with Gasteiger partial charge in [0.15, 0.2) is 0 Å². The van der Waals surface area contributed by atoms with E-state index in [0.717, 1.165) is 54.4 Å². The Kier molecular flexibility index (Phi) is 6.44. The third-order valence-corrected chi connectivity index (χ3v) is 5.70. The summed E-state index contributed by atoms with van der Waals surface area (Å²) in [5.41, 5.74) is 3.10. The Hall–Kier alpha value is -3.02. The minimum Gasteiger partial charge on any atom is -0.322 e. The molecule has 0 fully saturated rings. The van der Waals surface area contributed by atoms with Gasteiger partial charge in [0.2, 0.25) is 0 Å². The third kappa shape index (κ3) is 5.01. The zero-order valence-electron chi connectivity index (χ0n) is 16.7. The Morgan fingerprint density at radius 2 is 1.61 bits per heavy atom. The molecule has 3 aromatic carbocycles. The van der Waals surface area contributed by atoms with Crippen LogP contribution in [-0.4, -0.2) is 23.9 Å². The number of amides is 1. The summed E-state index contributed by atoms with van der Waals surface area (Å²) in [7, 11) is 0. The summed E-state index contributed by atoms with van der Waals surface area (Å²) in [6, 6.07) is 20.7. The second kappa shape index (κ2) is 9.41. The first kappa shape index (κ1) is 21.2. The average Bonchev–Trinajstić information content (AvgIpc) is 2.76. The highest BCUT2D eigenvalue weighted by atomic mass is 35.5. The zero-order valence-corrected chi connectivity index (χ0v) is 17.5. The maximum atomic E-state index is 13.8. The average molecular weight is 439 g/mol. The molecule has 3 aromatic rings. The summed E-state index contributed by atoms with van der Waals surface area (Å²) >= 11 is 6.52. The van der Waals surface area contributed by atoms with Gasteiger partial charge in [-0.2, -0.15) is 0 Å². The lowest BCUT2D eigenvalue weighted by atomic mass is 10.00. The van der Waals surface area contributed by atoms with E-state index < -0.39 is 23.1 Å². The van der Waals surface area contributed by atoms with E-state index in [0.29, 0.717) is 5.69 Å². The van der Waals surface area contributed by atoms with Crippen LogP contribution >= 0.6 is 11.6 Å². The Balaban J connectivity index is 1.46. The van der Waals surface area contributed by atoms with Crippen molar-refractivity contribution in [1.82, 2.24) is 4.90 Å². The number of carbonyl (C=O) groups excluding carboxylic acids is 1. The van der Waals surface area contributed by atoms with Gasteiger partial charge in [-0.3, -0.25) is 9.69 Å². The fourth-order valence-electron chi connectivity index (χ4n) is 3.68. The van der Waals surface area contributed by atoms with Crippen molar-refractivity contribution in [2.75, 3.05) is 18.4 Å². The summed E-state index contributed by atoms with van der Waals surface area (Å²) in [6.45, 7) is 2.45. The molecular formula is C25H21ClF2N2O. The highest BCUT2D eigenvalue weighted by Gasteiger charge is 2.20. The molecule has 4 rings (SSSR count). The molecule has 0 saturated carbocycles. The standard InChI is InChI=1S/C25H21ClF2N2O/c26-21-13-14-30(15-17-5-2-1-3-6-17)16-20(21)18-9-11-19(12-10-18)29-25(31)24-22(27)7-4-8-23(24)28/h1-12H,13-16H2,(H,29,31). The lowest BCUT2D eigenvalue weighted by Gasteiger charge is -2.29. The molecule has 0 aliphatic carbocycles. The highest BCUT2D eigenvalue weighted by Crippen LogP contribution is 2.30. The molecule has 158 valence electrons. The molecule has 6 heteroatoms. The van der Waals surface area contributed by atoms with Crippen LogP contribution in [0.5, 0.6) is 0 Å². The van der Waals surface area contributed by atoms with Crippen molar-refractivity contribution in [2.45, 2.75) is 13.0 Å². The van der Waals surface area contributed by atoms with Gasteiger partial charge < -0.3 is 5.32 Å². The van der Waals surface area contributed by atoms with Gasteiger partial charge in [-0.15, -0.1) is 0 Å². The van der Waals surface area contributed by atoms with Crippen molar-refractivity contribution >= 4 is 28.8 Å². The quantitative estimate of drug-likeness (QED) is 0.524. The number of halogens is 3. The fourth-order valence-corrected chi connectivity index (χ4v) is 3.94. The van der Waals surface area contributed by atoms with Crippen molar-refractivity contribution < 1.29 is 13.6 Å². The van der Waals surface area contributed by atoms with Gasteiger partial charge in [0, 0.05) is 30.4 Å². The van der Waals surface area contributed by atoms with Gasteiger partial charge in [0.25, 0.3) is 5.91 Å². The van der Waals surface area contributed by atoms with Crippen molar-refractivity contribution in [3.05, 3.63) is 106 Å². The molecule has 0 spiro atoms. The molecule has 0 atom stereocenters. The van der Waals surface area contributed by atoms with E-state index in [2.05, 4.69) is 22.3 Å². The third-order valence-electron chi connectivity index (χ3n) is 5.29. The number of hydrogen-bond donors (Lipinski definition) is 1. The van der Waals surface area contributed by atoms with Crippen molar-refractivity contribution in [1.29, 1.82) is 0 Å². The molecule has 1 aliphatic heterocycles. The molecule has 1 N–H and O–H groups in total. The maximum absolute atomic E-state index is 13.8. The van der Waals surface area contributed by atoms with E-state index in [4.69, 9.17) is 11.6 Å². The fraction of sp³-hybridized carbons (Fsp3) is 0.160. The molecule has 1 amide bonds. The molecule has 31 heavy (non-hydrogen) atoms. The first-order valence-electron chi connectivity index (χ1n) is 10.0. The van der Waals surface area contributed by atoms with Crippen LogP contribution in [0.4, 0.5) is 14.5 Å². The Bertz CT molecular complexity index is 1090. The monoisotopic (exact) mass is 438 g/mol. The van der Waals surface area contributed by atoms with Gasteiger partial charge >= 0.3 is 0 Å². The smallest absolute Gasteiger partial charge is 0.261 e. The van der Waals surface area contributed by atoms with Crippen LogP contribution in [-0.2, 0) is 6.54 Å². The van der Waals surface area contributed by atoms with Gasteiger partial charge in [-0.25, -0.2) is 8.78 Å². The predicted molar refractivity (Wildman–Crippen MR) is 120 cm³/mol. The number of rotatable bonds is 5. The summed E-state index contributed by atoms with van der Waals surface area (Å²) < 4.78 is 27.6. The lowest BCUT2D eigenvalue weighted by Crippen LogP contribution is -2.30. The predicted octanol–water partition coefficient (Wildman–Crippen LogP) is 6.07. The van der Waals surface area contributed by atoms with E-state index >= 15 is 0 Å². The van der Waals surface area contributed by atoms with Crippen LogP contribution < -0.4 is 5.32 Å². The molecule has 0 radical (unpaired) electrons. The van der Waals surface area contributed by atoms with Crippen LogP contribution in [0.25, 0.3) is 5.57 Å². The lowest BCUT2D eigenvalue weighted by molar-refractivity contribution is 0.101. The number of nitrogens with zero attached hydrogens (tertiary/aromatic N) is 1. The number of hydrogen-bond acceptors (Lipinski definition) is 2. The van der Waals surface area contributed by atoms with Gasteiger partial charge in [0.05, 0.1) is 0 Å². The minimum atomic E-state index is -0.897. The van der Waals surface area contributed by atoms with E-state index in [-0.39, 0.29) is 0 Å². The van der Waals surface area contributed by atoms with Crippen LogP contribution in [0.15, 0.2) is 77.8 Å². The second-order valence-corrected chi connectivity index (χ2v) is 7.91. The van der Waals surface area contributed by atoms with E-state index in [1.54, 1.807) is 12.1 Å². The van der Waals surface area contributed by atoms with E-state index in [9.17, 15) is 13.6 Å².